The molecule has 0 saturated carbocycles. The van der Waals surface area contributed by atoms with Gasteiger partial charge in [-0.2, -0.15) is 0 Å². The molecule has 1 aliphatic carbocycles. The Kier molecular flexibility index (Phi) is 7.14. The Hall–Kier alpha value is -6.49. The topological polar surface area (TPSA) is 30.7 Å². The molecule has 55 heavy (non-hydrogen) atoms. The van der Waals surface area contributed by atoms with Crippen molar-refractivity contribution in [1.82, 2.24) is 14.5 Å². The van der Waals surface area contributed by atoms with E-state index in [0.717, 1.165) is 22.2 Å². The summed E-state index contributed by atoms with van der Waals surface area (Å²) in [6.07, 6.45) is 10.3. The molecule has 3 nitrogen and oxygen atoms in total. The van der Waals surface area contributed by atoms with E-state index in [2.05, 4.69) is 169 Å². The molecule has 0 bridgehead atoms. The molecule has 0 radical (unpaired) electrons. The first-order chi connectivity index (χ1) is 27.0. The van der Waals surface area contributed by atoms with Crippen molar-refractivity contribution in [3.05, 3.63) is 186 Å². The summed E-state index contributed by atoms with van der Waals surface area (Å²) in [5.74, 6) is 0.883. The van der Waals surface area contributed by atoms with Gasteiger partial charge in [-0.15, -0.1) is 0 Å². The summed E-state index contributed by atoms with van der Waals surface area (Å²) in [6.45, 7) is 4.74. The minimum Gasteiger partial charge on any atom is -0.292 e. The Bertz CT molecular complexity index is 3040. The third-order valence-electron chi connectivity index (χ3n) is 11.6. The summed E-state index contributed by atoms with van der Waals surface area (Å²) in [7, 11) is 0. The van der Waals surface area contributed by atoms with E-state index in [-0.39, 0.29) is 5.41 Å². The first-order valence-corrected chi connectivity index (χ1v) is 19.6. The average molecular weight is 722 g/mol. The Balaban J connectivity index is 1.17. The summed E-state index contributed by atoms with van der Waals surface area (Å²) in [6, 6.07) is 53.5. The number of pyridine rings is 2. The molecule has 4 heteroatoms. The summed E-state index contributed by atoms with van der Waals surface area (Å²) in [4.78, 5) is 11.7. The van der Waals surface area contributed by atoms with Crippen molar-refractivity contribution in [2.24, 2.45) is 0 Å². The van der Waals surface area contributed by atoms with Crippen molar-refractivity contribution in [1.29, 1.82) is 0 Å². The minimum absolute atomic E-state index is 0.107. The molecule has 2 aliphatic rings. The van der Waals surface area contributed by atoms with Crippen LogP contribution in [0.1, 0.15) is 36.1 Å². The SMILES string of the molecule is CC1(C)c2ccccc2-c2cc3c(cc21)Sc1ccccc1-c1ccccc1/C=C\c1ccc(-c2ccc4c(c2)c2ccncc2n4-c2ccccn2)cc1-3. The zero-order chi connectivity index (χ0) is 36.7. The van der Waals surface area contributed by atoms with Gasteiger partial charge in [-0.1, -0.05) is 129 Å². The van der Waals surface area contributed by atoms with Crippen molar-refractivity contribution in [3.63, 3.8) is 0 Å². The van der Waals surface area contributed by atoms with E-state index < -0.39 is 0 Å². The van der Waals surface area contributed by atoms with Crippen LogP contribution in [0.5, 0.6) is 0 Å². The predicted octanol–water partition coefficient (Wildman–Crippen LogP) is 13.5. The highest BCUT2D eigenvalue weighted by molar-refractivity contribution is 7.99. The highest BCUT2D eigenvalue weighted by atomic mass is 32.2. The van der Waals surface area contributed by atoms with Crippen LogP contribution in [0.4, 0.5) is 0 Å². The molecule has 0 spiro atoms. The van der Waals surface area contributed by atoms with Gasteiger partial charge in [0.1, 0.15) is 5.82 Å². The fourth-order valence-electron chi connectivity index (χ4n) is 8.88. The lowest BCUT2D eigenvalue weighted by molar-refractivity contribution is 0.659. The Morgan fingerprint density at radius 3 is 2.11 bits per heavy atom. The van der Waals surface area contributed by atoms with E-state index >= 15 is 0 Å². The van der Waals surface area contributed by atoms with E-state index in [9.17, 15) is 0 Å². The third-order valence-corrected chi connectivity index (χ3v) is 12.7. The maximum atomic E-state index is 4.71. The van der Waals surface area contributed by atoms with Crippen LogP contribution in [0.2, 0.25) is 0 Å². The van der Waals surface area contributed by atoms with Gasteiger partial charge < -0.3 is 0 Å². The zero-order valence-corrected chi connectivity index (χ0v) is 31.3. The van der Waals surface area contributed by atoms with Crippen LogP contribution in [-0.2, 0) is 5.41 Å². The molecule has 0 N–H and O–H groups in total. The van der Waals surface area contributed by atoms with E-state index in [4.69, 9.17) is 4.98 Å². The number of hydrogen-bond acceptors (Lipinski definition) is 3. The fourth-order valence-corrected chi connectivity index (χ4v) is 10.0. The summed E-state index contributed by atoms with van der Waals surface area (Å²) < 4.78 is 2.21. The van der Waals surface area contributed by atoms with Crippen LogP contribution in [0.3, 0.4) is 0 Å². The van der Waals surface area contributed by atoms with Gasteiger partial charge in [0.05, 0.1) is 17.2 Å². The molecule has 0 unspecified atom stereocenters. The molecule has 9 aromatic rings. The molecular weight excluding hydrogens is 687 g/mol. The Labute approximate surface area is 324 Å². The molecule has 6 aromatic carbocycles. The largest absolute Gasteiger partial charge is 0.292 e. The first-order valence-electron chi connectivity index (χ1n) is 18.8. The van der Waals surface area contributed by atoms with Crippen LogP contribution in [0.15, 0.2) is 174 Å². The summed E-state index contributed by atoms with van der Waals surface area (Å²) >= 11 is 1.88. The van der Waals surface area contributed by atoms with Gasteiger partial charge in [-0.3, -0.25) is 9.55 Å². The second-order valence-corrected chi connectivity index (χ2v) is 16.1. The lowest BCUT2D eigenvalue weighted by Gasteiger charge is -2.23. The molecule has 3 aromatic heterocycles. The van der Waals surface area contributed by atoms with E-state index in [1.165, 1.54) is 81.9 Å². The van der Waals surface area contributed by atoms with E-state index in [1.54, 1.807) is 0 Å². The lowest BCUT2D eigenvalue weighted by Crippen LogP contribution is -2.15. The zero-order valence-electron chi connectivity index (χ0n) is 30.5. The minimum atomic E-state index is -0.107. The molecule has 0 fully saturated rings. The summed E-state index contributed by atoms with van der Waals surface area (Å²) in [5, 5.41) is 2.34. The van der Waals surface area contributed by atoms with Gasteiger partial charge in [0, 0.05) is 38.4 Å². The van der Waals surface area contributed by atoms with Crippen molar-refractivity contribution >= 4 is 45.7 Å². The van der Waals surface area contributed by atoms with Gasteiger partial charge in [0.25, 0.3) is 0 Å². The molecule has 0 atom stereocenters. The number of aromatic nitrogens is 3. The Morgan fingerprint density at radius 1 is 0.491 bits per heavy atom. The van der Waals surface area contributed by atoms with Gasteiger partial charge in [0.2, 0.25) is 0 Å². The normalized spacial score (nSPS) is 14.2. The highest BCUT2D eigenvalue weighted by Crippen LogP contribution is 2.53. The van der Waals surface area contributed by atoms with Gasteiger partial charge in [-0.05, 0) is 121 Å². The fraction of sp³-hybridized carbons (Fsp3) is 0.0588. The summed E-state index contributed by atoms with van der Waals surface area (Å²) in [5.41, 5.74) is 17.2. The molecule has 11 rings (SSSR count). The number of rotatable bonds is 2. The number of nitrogens with zero attached hydrogens (tertiary/aromatic N) is 3. The molecule has 4 heterocycles. The number of fused-ring (bicyclic) bond motifs is 12. The number of benzene rings is 6. The predicted molar refractivity (Wildman–Crippen MR) is 230 cm³/mol. The van der Waals surface area contributed by atoms with Crippen molar-refractivity contribution < 1.29 is 0 Å². The number of hydrogen-bond donors (Lipinski definition) is 0. The maximum absolute atomic E-state index is 4.71. The van der Waals surface area contributed by atoms with Crippen LogP contribution in [0.25, 0.3) is 84.3 Å². The molecular formula is C51H35N3S. The lowest BCUT2D eigenvalue weighted by atomic mass is 9.82. The van der Waals surface area contributed by atoms with Gasteiger partial charge >= 0.3 is 0 Å². The smallest absolute Gasteiger partial charge is 0.137 e. The first kappa shape index (κ1) is 32.0. The van der Waals surface area contributed by atoms with Crippen LogP contribution in [-0.4, -0.2) is 14.5 Å². The standard InChI is InChI=1S/C51H35N3S/c1-51(2)44-15-7-5-13-37(44)41-29-43-40-27-34(35-22-23-46-42(28-35)38-24-26-52-31-47(38)54(46)50-17-9-10-25-53-50)21-20-33(40)19-18-32-11-3-4-12-36(32)39-14-6-8-16-48(39)55-49(43)30-45(41)51/h3-31H,1-2H3/b19-18-. The van der Waals surface area contributed by atoms with E-state index in [1.807, 2.05) is 42.5 Å². The van der Waals surface area contributed by atoms with Gasteiger partial charge in [0.15, 0.2) is 0 Å². The second-order valence-electron chi connectivity index (χ2n) is 15.0. The third kappa shape index (κ3) is 4.98. The van der Waals surface area contributed by atoms with Crippen molar-refractivity contribution in [3.8, 4) is 50.3 Å². The average Bonchev–Trinajstić information content (AvgIpc) is 3.67. The quantitative estimate of drug-likeness (QED) is 0.178. The Morgan fingerprint density at radius 2 is 1.24 bits per heavy atom. The molecule has 1 aliphatic heterocycles. The molecule has 0 saturated heterocycles. The van der Waals surface area contributed by atoms with Crippen molar-refractivity contribution in [2.75, 3.05) is 0 Å². The van der Waals surface area contributed by atoms with Crippen LogP contribution < -0.4 is 0 Å². The van der Waals surface area contributed by atoms with Gasteiger partial charge in [-0.25, -0.2) is 4.98 Å². The van der Waals surface area contributed by atoms with Crippen LogP contribution in [0, 0.1) is 0 Å². The monoisotopic (exact) mass is 721 g/mol. The van der Waals surface area contributed by atoms with Crippen LogP contribution >= 0.6 is 11.8 Å². The second kappa shape index (κ2) is 12.3. The maximum Gasteiger partial charge on any atom is 0.137 e. The van der Waals surface area contributed by atoms with Crippen molar-refractivity contribution in [2.45, 2.75) is 29.1 Å². The molecule has 260 valence electrons. The highest BCUT2D eigenvalue weighted by Gasteiger charge is 2.36. The molecule has 0 amide bonds. The van der Waals surface area contributed by atoms with E-state index in [0.29, 0.717) is 0 Å².